The van der Waals surface area contributed by atoms with Gasteiger partial charge in [-0.05, 0) is 25.9 Å². The number of carbonyl (C=O) groups excluding carboxylic acids is 1. The van der Waals surface area contributed by atoms with Crippen molar-refractivity contribution in [2.45, 2.75) is 46.5 Å². The van der Waals surface area contributed by atoms with Crippen molar-refractivity contribution in [1.82, 2.24) is 4.90 Å². The predicted octanol–water partition coefficient (Wildman–Crippen LogP) is 2.47. The Morgan fingerprint density at radius 2 is 1.56 bits per heavy atom. The Bertz CT molecular complexity index is 189. The van der Waals surface area contributed by atoms with Crippen molar-refractivity contribution in [2.75, 3.05) is 39.5 Å². The molecule has 0 radical (unpaired) electrons. The van der Waals surface area contributed by atoms with Gasteiger partial charge in [0.2, 0.25) is 0 Å². The summed E-state index contributed by atoms with van der Waals surface area (Å²) in [4.78, 5) is 13.0. The molecule has 0 aromatic carbocycles. The second-order valence-electron chi connectivity index (χ2n) is 4.50. The van der Waals surface area contributed by atoms with E-state index in [1.807, 2.05) is 0 Å². The van der Waals surface area contributed by atoms with Gasteiger partial charge in [-0.15, -0.1) is 0 Å². The molecule has 0 unspecified atom stereocenters. The van der Waals surface area contributed by atoms with E-state index >= 15 is 0 Å². The van der Waals surface area contributed by atoms with Crippen molar-refractivity contribution in [1.29, 1.82) is 0 Å². The zero-order valence-electron chi connectivity index (χ0n) is 12.2. The largest absolute Gasteiger partial charge is 0.463 e. The van der Waals surface area contributed by atoms with Crippen molar-refractivity contribution >= 4 is 5.97 Å². The lowest BCUT2D eigenvalue weighted by atomic mass is 10.2. The van der Waals surface area contributed by atoms with Crippen molar-refractivity contribution in [2.24, 2.45) is 0 Å². The molecule has 0 aliphatic carbocycles. The molecule has 0 atom stereocenters. The minimum absolute atomic E-state index is 0.244. The number of hydrogen-bond acceptors (Lipinski definition) is 4. The van der Waals surface area contributed by atoms with E-state index in [-0.39, 0.29) is 5.97 Å². The minimum atomic E-state index is -0.244. The van der Waals surface area contributed by atoms with Crippen molar-refractivity contribution in [3.8, 4) is 0 Å². The number of hydrogen-bond donors (Lipinski definition) is 0. The third-order valence-corrected chi connectivity index (χ3v) is 2.74. The SMILES string of the molecule is CCCCN(CCCC)CCOCCOC(C)=O. The summed E-state index contributed by atoms with van der Waals surface area (Å²) in [6, 6.07) is 0. The molecule has 0 spiro atoms. The van der Waals surface area contributed by atoms with E-state index in [0.29, 0.717) is 19.8 Å². The molecule has 0 saturated heterocycles. The number of rotatable bonds is 12. The molecule has 0 bridgehead atoms. The van der Waals surface area contributed by atoms with Crippen molar-refractivity contribution in [3.63, 3.8) is 0 Å². The first kappa shape index (κ1) is 17.4. The summed E-state index contributed by atoms with van der Waals surface area (Å²) in [5.74, 6) is -0.244. The van der Waals surface area contributed by atoms with Gasteiger partial charge in [-0.25, -0.2) is 0 Å². The van der Waals surface area contributed by atoms with Gasteiger partial charge < -0.3 is 14.4 Å². The van der Waals surface area contributed by atoms with Crippen LogP contribution < -0.4 is 0 Å². The van der Waals surface area contributed by atoms with Gasteiger partial charge in [0.25, 0.3) is 0 Å². The molecule has 0 N–H and O–H groups in total. The maximum absolute atomic E-state index is 10.5. The van der Waals surface area contributed by atoms with E-state index < -0.39 is 0 Å². The second-order valence-corrected chi connectivity index (χ2v) is 4.50. The fourth-order valence-electron chi connectivity index (χ4n) is 1.64. The van der Waals surface area contributed by atoms with E-state index in [2.05, 4.69) is 18.7 Å². The zero-order chi connectivity index (χ0) is 13.6. The molecule has 4 heteroatoms. The molecular formula is C14H29NO3. The van der Waals surface area contributed by atoms with Crippen LogP contribution in [-0.4, -0.2) is 50.3 Å². The lowest BCUT2D eigenvalue weighted by Gasteiger charge is -2.21. The Morgan fingerprint density at radius 3 is 2.06 bits per heavy atom. The highest BCUT2D eigenvalue weighted by atomic mass is 16.6. The Labute approximate surface area is 112 Å². The first-order valence-corrected chi connectivity index (χ1v) is 7.14. The quantitative estimate of drug-likeness (QED) is 0.399. The topological polar surface area (TPSA) is 38.8 Å². The normalized spacial score (nSPS) is 10.9. The molecule has 0 heterocycles. The Kier molecular flexibility index (Phi) is 12.4. The smallest absolute Gasteiger partial charge is 0.302 e. The molecule has 0 aliphatic heterocycles. The maximum atomic E-state index is 10.5. The van der Waals surface area contributed by atoms with Crippen LogP contribution in [0.4, 0.5) is 0 Å². The highest BCUT2D eigenvalue weighted by Gasteiger charge is 2.03. The van der Waals surface area contributed by atoms with E-state index in [9.17, 15) is 4.79 Å². The van der Waals surface area contributed by atoms with Gasteiger partial charge in [-0.2, -0.15) is 0 Å². The predicted molar refractivity (Wildman–Crippen MR) is 73.7 cm³/mol. The molecule has 0 fully saturated rings. The number of esters is 1. The summed E-state index contributed by atoms with van der Waals surface area (Å²) >= 11 is 0. The molecule has 0 aromatic heterocycles. The summed E-state index contributed by atoms with van der Waals surface area (Å²) in [5.41, 5.74) is 0. The number of nitrogens with zero attached hydrogens (tertiary/aromatic N) is 1. The van der Waals surface area contributed by atoms with E-state index in [0.717, 1.165) is 19.6 Å². The molecule has 4 nitrogen and oxygen atoms in total. The van der Waals surface area contributed by atoms with Crippen LogP contribution in [0.3, 0.4) is 0 Å². The average Bonchev–Trinajstić information content (AvgIpc) is 2.35. The molecule has 18 heavy (non-hydrogen) atoms. The lowest BCUT2D eigenvalue weighted by molar-refractivity contribution is -0.142. The Hall–Kier alpha value is -0.610. The third kappa shape index (κ3) is 11.9. The van der Waals surface area contributed by atoms with Crippen LogP contribution in [0.15, 0.2) is 0 Å². The van der Waals surface area contributed by atoms with Gasteiger partial charge in [0.15, 0.2) is 0 Å². The highest BCUT2D eigenvalue weighted by molar-refractivity contribution is 5.65. The molecule has 0 saturated carbocycles. The fourth-order valence-corrected chi connectivity index (χ4v) is 1.64. The molecule has 108 valence electrons. The monoisotopic (exact) mass is 259 g/mol. The molecule has 0 amide bonds. The third-order valence-electron chi connectivity index (χ3n) is 2.74. The summed E-state index contributed by atoms with van der Waals surface area (Å²) in [6.45, 7) is 10.7. The van der Waals surface area contributed by atoms with Crippen molar-refractivity contribution < 1.29 is 14.3 Å². The van der Waals surface area contributed by atoms with Gasteiger partial charge in [0, 0.05) is 13.5 Å². The van der Waals surface area contributed by atoms with Crippen LogP contribution >= 0.6 is 0 Å². The maximum Gasteiger partial charge on any atom is 0.302 e. The van der Waals surface area contributed by atoms with Gasteiger partial charge in [-0.3, -0.25) is 4.79 Å². The summed E-state index contributed by atoms with van der Waals surface area (Å²) in [5, 5.41) is 0. The zero-order valence-corrected chi connectivity index (χ0v) is 12.2. The summed E-state index contributed by atoms with van der Waals surface area (Å²) < 4.78 is 10.3. The van der Waals surface area contributed by atoms with Crippen LogP contribution in [0.1, 0.15) is 46.5 Å². The first-order chi connectivity index (χ1) is 8.70. The van der Waals surface area contributed by atoms with E-state index in [4.69, 9.17) is 9.47 Å². The number of unbranched alkanes of at least 4 members (excludes halogenated alkanes) is 2. The summed E-state index contributed by atoms with van der Waals surface area (Å²) in [7, 11) is 0. The highest BCUT2D eigenvalue weighted by Crippen LogP contribution is 1.99. The minimum Gasteiger partial charge on any atom is -0.463 e. The van der Waals surface area contributed by atoms with Crippen LogP contribution in [0.2, 0.25) is 0 Å². The lowest BCUT2D eigenvalue weighted by Crippen LogP contribution is -2.30. The van der Waals surface area contributed by atoms with E-state index in [1.54, 1.807) is 0 Å². The van der Waals surface area contributed by atoms with Crippen molar-refractivity contribution in [3.05, 3.63) is 0 Å². The molecule has 0 aromatic rings. The van der Waals surface area contributed by atoms with Crippen LogP contribution in [-0.2, 0) is 14.3 Å². The summed E-state index contributed by atoms with van der Waals surface area (Å²) in [6.07, 6.45) is 4.96. The van der Waals surface area contributed by atoms with Crippen LogP contribution in [0, 0.1) is 0 Å². The fraction of sp³-hybridized carbons (Fsp3) is 0.929. The average molecular weight is 259 g/mol. The molecular weight excluding hydrogens is 230 g/mol. The standard InChI is InChI=1S/C14H29NO3/c1-4-6-8-15(9-7-5-2)10-11-17-12-13-18-14(3)16/h4-13H2,1-3H3. The van der Waals surface area contributed by atoms with Gasteiger partial charge in [-0.1, -0.05) is 26.7 Å². The van der Waals surface area contributed by atoms with Gasteiger partial charge in [0.1, 0.15) is 6.61 Å². The van der Waals surface area contributed by atoms with Gasteiger partial charge in [0.05, 0.1) is 13.2 Å². The van der Waals surface area contributed by atoms with Crippen LogP contribution in [0.25, 0.3) is 0 Å². The van der Waals surface area contributed by atoms with Crippen LogP contribution in [0.5, 0.6) is 0 Å². The van der Waals surface area contributed by atoms with E-state index in [1.165, 1.54) is 32.6 Å². The molecule has 0 rings (SSSR count). The Morgan fingerprint density at radius 1 is 0.944 bits per heavy atom. The first-order valence-electron chi connectivity index (χ1n) is 7.14. The Balaban J connectivity index is 3.51. The molecule has 0 aliphatic rings. The number of ether oxygens (including phenoxy) is 2. The van der Waals surface area contributed by atoms with Gasteiger partial charge >= 0.3 is 5.97 Å². The number of carbonyl (C=O) groups is 1. The second kappa shape index (κ2) is 12.8.